The standard InChI is InChI=1S/C18H15BrCl3N3O3S/c1-28-15(27)12-4-2-3-5-13(12)23-17(29)25-16(18(20,21)22)24-14(26)10-6-8-11(19)9-7-10/h2-9,16H,1H3,(H,24,26)(H2,23,25,29). The third-order valence-corrected chi connectivity index (χ3v) is 4.97. The van der Waals surface area contributed by atoms with Crippen LogP contribution in [0.4, 0.5) is 5.69 Å². The Kier molecular flexibility index (Phi) is 8.54. The van der Waals surface area contributed by atoms with Gasteiger partial charge >= 0.3 is 5.97 Å². The zero-order valence-electron chi connectivity index (χ0n) is 14.8. The molecule has 0 aromatic heterocycles. The van der Waals surface area contributed by atoms with Crippen molar-refractivity contribution in [2.45, 2.75) is 9.96 Å². The molecule has 154 valence electrons. The first-order chi connectivity index (χ1) is 13.6. The monoisotopic (exact) mass is 537 g/mol. The van der Waals surface area contributed by atoms with E-state index in [4.69, 9.17) is 51.8 Å². The number of hydrogen-bond acceptors (Lipinski definition) is 4. The molecule has 3 N–H and O–H groups in total. The number of methoxy groups -OCH3 is 1. The summed E-state index contributed by atoms with van der Waals surface area (Å²) in [5.41, 5.74) is 1.02. The third-order valence-electron chi connectivity index (χ3n) is 3.57. The molecule has 1 amide bonds. The van der Waals surface area contributed by atoms with E-state index >= 15 is 0 Å². The fraction of sp³-hybridized carbons (Fsp3) is 0.167. The number of thiocarbonyl (C=S) groups is 1. The lowest BCUT2D eigenvalue weighted by molar-refractivity contribution is 0.0601. The van der Waals surface area contributed by atoms with E-state index in [1.165, 1.54) is 7.11 Å². The van der Waals surface area contributed by atoms with Crippen molar-refractivity contribution < 1.29 is 14.3 Å². The Bertz CT molecular complexity index is 907. The smallest absolute Gasteiger partial charge is 0.339 e. The summed E-state index contributed by atoms with van der Waals surface area (Å²) in [6.07, 6.45) is -1.16. The number of anilines is 1. The molecule has 1 unspecified atom stereocenters. The predicted molar refractivity (Wildman–Crippen MR) is 123 cm³/mol. The van der Waals surface area contributed by atoms with Crippen LogP contribution in [0.1, 0.15) is 20.7 Å². The van der Waals surface area contributed by atoms with E-state index in [2.05, 4.69) is 31.9 Å². The summed E-state index contributed by atoms with van der Waals surface area (Å²) < 4.78 is 3.64. The molecule has 1 atom stereocenters. The van der Waals surface area contributed by atoms with Crippen LogP contribution >= 0.6 is 63.0 Å². The lowest BCUT2D eigenvalue weighted by Gasteiger charge is -2.28. The second-order valence-electron chi connectivity index (χ2n) is 5.59. The van der Waals surface area contributed by atoms with E-state index in [9.17, 15) is 9.59 Å². The van der Waals surface area contributed by atoms with Gasteiger partial charge in [0.1, 0.15) is 6.17 Å². The van der Waals surface area contributed by atoms with Crippen LogP contribution in [-0.4, -0.2) is 34.1 Å². The quantitative estimate of drug-likeness (QED) is 0.222. The molecule has 0 aliphatic carbocycles. The molecule has 29 heavy (non-hydrogen) atoms. The second-order valence-corrected chi connectivity index (χ2v) is 9.28. The van der Waals surface area contributed by atoms with Crippen molar-refractivity contribution >= 4 is 85.6 Å². The number of hydrogen-bond donors (Lipinski definition) is 3. The van der Waals surface area contributed by atoms with Gasteiger partial charge in [-0.1, -0.05) is 62.9 Å². The van der Waals surface area contributed by atoms with Gasteiger partial charge in [0.25, 0.3) is 5.91 Å². The van der Waals surface area contributed by atoms with E-state index in [0.717, 1.165) is 4.47 Å². The summed E-state index contributed by atoms with van der Waals surface area (Å²) >= 11 is 26.5. The van der Waals surface area contributed by atoms with E-state index in [1.54, 1.807) is 48.5 Å². The molecule has 0 bridgehead atoms. The minimum absolute atomic E-state index is 0.0220. The summed E-state index contributed by atoms with van der Waals surface area (Å²) in [5.74, 6) is -1.02. The maximum Gasteiger partial charge on any atom is 0.339 e. The van der Waals surface area contributed by atoms with Gasteiger partial charge in [-0.15, -0.1) is 0 Å². The molecular weight excluding hydrogens is 525 g/mol. The van der Waals surface area contributed by atoms with Crippen LogP contribution in [0.2, 0.25) is 0 Å². The molecule has 11 heteroatoms. The number of para-hydroxylation sites is 1. The molecule has 2 aromatic rings. The van der Waals surface area contributed by atoms with Crippen LogP contribution < -0.4 is 16.0 Å². The van der Waals surface area contributed by atoms with Gasteiger partial charge in [0.05, 0.1) is 18.4 Å². The number of ether oxygens (including phenoxy) is 1. The Morgan fingerprint density at radius 3 is 2.28 bits per heavy atom. The SMILES string of the molecule is COC(=O)c1ccccc1NC(=S)NC(NC(=O)c1ccc(Br)cc1)C(Cl)(Cl)Cl. The van der Waals surface area contributed by atoms with Crippen molar-refractivity contribution in [2.75, 3.05) is 12.4 Å². The summed E-state index contributed by atoms with van der Waals surface area (Å²) in [4.78, 5) is 24.3. The number of esters is 1. The maximum absolute atomic E-state index is 12.5. The first-order valence-corrected chi connectivity index (χ1v) is 10.3. The van der Waals surface area contributed by atoms with Crippen molar-refractivity contribution in [2.24, 2.45) is 0 Å². The number of rotatable bonds is 5. The Morgan fingerprint density at radius 1 is 1.07 bits per heavy atom. The lowest BCUT2D eigenvalue weighted by Crippen LogP contribution is -2.56. The van der Waals surface area contributed by atoms with Crippen LogP contribution in [-0.2, 0) is 4.74 Å². The van der Waals surface area contributed by atoms with Gasteiger partial charge in [0.15, 0.2) is 5.11 Å². The average Bonchev–Trinajstić information content (AvgIpc) is 2.67. The second kappa shape index (κ2) is 10.4. The number of carbonyl (C=O) groups excluding carboxylic acids is 2. The van der Waals surface area contributed by atoms with E-state index in [0.29, 0.717) is 11.3 Å². The highest BCUT2D eigenvalue weighted by molar-refractivity contribution is 9.10. The molecule has 0 aliphatic rings. The van der Waals surface area contributed by atoms with E-state index in [1.807, 2.05) is 0 Å². The lowest BCUT2D eigenvalue weighted by atomic mass is 10.2. The average molecular weight is 540 g/mol. The molecule has 0 radical (unpaired) electrons. The van der Waals surface area contributed by atoms with E-state index in [-0.39, 0.29) is 10.7 Å². The van der Waals surface area contributed by atoms with Gasteiger partial charge in [-0.25, -0.2) is 4.79 Å². The zero-order chi connectivity index (χ0) is 21.6. The van der Waals surface area contributed by atoms with Crippen molar-refractivity contribution in [3.63, 3.8) is 0 Å². The van der Waals surface area contributed by atoms with Gasteiger partial charge in [-0.05, 0) is 48.6 Å². The topological polar surface area (TPSA) is 79.5 Å². The molecule has 0 fully saturated rings. The van der Waals surface area contributed by atoms with Crippen LogP contribution in [0, 0.1) is 0 Å². The highest BCUT2D eigenvalue weighted by Crippen LogP contribution is 2.29. The van der Waals surface area contributed by atoms with Crippen molar-refractivity contribution in [1.29, 1.82) is 0 Å². The molecule has 0 aliphatic heterocycles. The summed E-state index contributed by atoms with van der Waals surface area (Å²) in [7, 11) is 1.27. The van der Waals surface area contributed by atoms with Crippen molar-refractivity contribution in [1.82, 2.24) is 10.6 Å². The van der Waals surface area contributed by atoms with Crippen LogP contribution in [0.5, 0.6) is 0 Å². The molecular formula is C18H15BrCl3N3O3S. The van der Waals surface area contributed by atoms with Gasteiger partial charge in [-0.2, -0.15) is 0 Å². The molecule has 0 spiro atoms. The van der Waals surface area contributed by atoms with Crippen LogP contribution in [0.25, 0.3) is 0 Å². The fourth-order valence-electron chi connectivity index (χ4n) is 2.19. The minimum Gasteiger partial charge on any atom is -0.465 e. The fourth-order valence-corrected chi connectivity index (χ4v) is 3.00. The Morgan fingerprint density at radius 2 is 1.69 bits per heavy atom. The minimum atomic E-state index is -1.92. The highest BCUT2D eigenvalue weighted by Gasteiger charge is 2.35. The van der Waals surface area contributed by atoms with Gasteiger partial charge in [0, 0.05) is 10.0 Å². The Labute approximate surface area is 196 Å². The molecule has 6 nitrogen and oxygen atoms in total. The van der Waals surface area contributed by atoms with E-state index < -0.39 is 21.8 Å². The van der Waals surface area contributed by atoms with Crippen molar-refractivity contribution in [3.8, 4) is 0 Å². The van der Waals surface area contributed by atoms with Gasteiger partial charge in [-0.3, -0.25) is 4.79 Å². The highest BCUT2D eigenvalue weighted by atomic mass is 79.9. The number of nitrogens with one attached hydrogen (secondary N) is 3. The van der Waals surface area contributed by atoms with Crippen LogP contribution in [0.3, 0.4) is 0 Å². The normalized spacial score (nSPS) is 11.9. The van der Waals surface area contributed by atoms with Crippen LogP contribution in [0.15, 0.2) is 53.0 Å². The molecule has 2 aromatic carbocycles. The first kappa shape index (κ1) is 23.7. The predicted octanol–water partition coefficient (Wildman–Crippen LogP) is 4.65. The van der Waals surface area contributed by atoms with Gasteiger partial charge < -0.3 is 20.7 Å². The molecule has 0 saturated carbocycles. The largest absolute Gasteiger partial charge is 0.465 e. The third kappa shape index (κ3) is 7.01. The van der Waals surface area contributed by atoms with Gasteiger partial charge in [0.2, 0.25) is 3.79 Å². The number of amides is 1. The maximum atomic E-state index is 12.5. The Hall–Kier alpha value is -1.58. The summed E-state index contributed by atoms with van der Waals surface area (Å²) in [6, 6.07) is 13.2. The number of carbonyl (C=O) groups is 2. The number of benzene rings is 2. The number of halogens is 4. The first-order valence-electron chi connectivity index (χ1n) is 8.00. The molecule has 0 heterocycles. The van der Waals surface area contributed by atoms with Crippen molar-refractivity contribution in [3.05, 3.63) is 64.1 Å². The molecule has 2 rings (SSSR count). The number of alkyl halides is 3. The molecule has 0 saturated heterocycles. The Balaban J connectivity index is 2.13. The summed E-state index contributed by atoms with van der Waals surface area (Å²) in [6.45, 7) is 0. The zero-order valence-corrected chi connectivity index (χ0v) is 19.5. The summed E-state index contributed by atoms with van der Waals surface area (Å²) in [5, 5.41) is 8.17.